The van der Waals surface area contributed by atoms with E-state index in [1.807, 2.05) is 18.9 Å². The number of benzene rings is 1. The minimum Gasteiger partial charge on any atom is -0.365 e. The molecule has 0 unspecified atom stereocenters. The summed E-state index contributed by atoms with van der Waals surface area (Å²) in [6, 6.07) is 4.59. The third-order valence-electron chi connectivity index (χ3n) is 2.57. The molecule has 0 aliphatic carbocycles. The molecular formula is C13H20FN3O. The first-order valence-corrected chi connectivity index (χ1v) is 5.99. The number of nitrogens with one attached hydrogen (secondary N) is 2. The molecule has 0 saturated carbocycles. The van der Waals surface area contributed by atoms with Crippen LogP contribution in [0.1, 0.15) is 12.5 Å². The molecule has 1 aromatic rings. The van der Waals surface area contributed by atoms with Crippen LogP contribution in [0.2, 0.25) is 0 Å². The van der Waals surface area contributed by atoms with Crippen molar-refractivity contribution in [3.8, 4) is 0 Å². The minimum absolute atomic E-state index is 0.0419. The van der Waals surface area contributed by atoms with E-state index < -0.39 is 0 Å². The predicted octanol–water partition coefficient (Wildman–Crippen LogP) is 1.12. The Kier molecular flexibility index (Phi) is 5.58. The summed E-state index contributed by atoms with van der Waals surface area (Å²) >= 11 is 0. The summed E-state index contributed by atoms with van der Waals surface area (Å²) in [4.78, 5) is 13.3. The highest BCUT2D eigenvalue weighted by Crippen LogP contribution is 2.20. The lowest BCUT2D eigenvalue weighted by molar-refractivity contribution is -0.119. The maximum absolute atomic E-state index is 13.2. The summed E-state index contributed by atoms with van der Waals surface area (Å²) in [6.45, 7) is 3.31. The fraction of sp³-hybridized carbons (Fsp3) is 0.462. The fourth-order valence-electron chi connectivity index (χ4n) is 1.81. The van der Waals surface area contributed by atoms with Gasteiger partial charge in [0, 0.05) is 25.8 Å². The summed E-state index contributed by atoms with van der Waals surface area (Å²) in [7, 11) is 3.63. The molecule has 0 heterocycles. The van der Waals surface area contributed by atoms with E-state index in [0.29, 0.717) is 13.1 Å². The summed E-state index contributed by atoms with van der Waals surface area (Å²) in [6.07, 6.45) is 0. The van der Waals surface area contributed by atoms with Crippen LogP contribution in [0.5, 0.6) is 0 Å². The third-order valence-corrected chi connectivity index (χ3v) is 2.57. The second-order valence-electron chi connectivity index (χ2n) is 4.11. The van der Waals surface area contributed by atoms with Gasteiger partial charge in [0.1, 0.15) is 5.82 Å². The number of halogens is 1. The summed E-state index contributed by atoms with van der Waals surface area (Å²) in [5, 5.41) is 5.73. The van der Waals surface area contributed by atoms with Gasteiger partial charge in [-0.3, -0.25) is 4.79 Å². The zero-order chi connectivity index (χ0) is 13.5. The van der Waals surface area contributed by atoms with Gasteiger partial charge in [0.05, 0.1) is 6.54 Å². The van der Waals surface area contributed by atoms with Crippen molar-refractivity contribution in [1.82, 2.24) is 10.6 Å². The van der Waals surface area contributed by atoms with Gasteiger partial charge < -0.3 is 15.5 Å². The van der Waals surface area contributed by atoms with Gasteiger partial charge >= 0.3 is 0 Å². The Morgan fingerprint density at radius 2 is 2.17 bits per heavy atom. The summed E-state index contributed by atoms with van der Waals surface area (Å²) < 4.78 is 13.2. The Morgan fingerprint density at radius 3 is 2.78 bits per heavy atom. The number of anilines is 1. The lowest BCUT2D eigenvalue weighted by atomic mass is 10.1. The van der Waals surface area contributed by atoms with Gasteiger partial charge in [-0.1, -0.05) is 0 Å². The van der Waals surface area contributed by atoms with Crippen LogP contribution in [0.25, 0.3) is 0 Å². The van der Waals surface area contributed by atoms with E-state index in [2.05, 4.69) is 10.6 Å². The second kappa shape index (κ2) is 6.96. The van der Waals surface area contributed by atoms with E-state index in [9.17, 15) is 9.18 Å². The molecule has 1 rings (SSSR count). The van der Waals surface area contributed by atoms with Gasteiger partial charge in [0.15, 0.2) is 0 Å². The van der Waals surface area contributed by atoms with E-state index in [4.69, 9.17) is 0 Å². The number of amides is 1. The Hall–Kier alpha value is -1.62. The van der Waals surface area contributed by atoms with E-state index in [1.54, 1.807) is 13.1 Å². The van der Waals surface area contributed by atoms with Gasteiger partial charge in [0.25, 0.3) is 0 Å². The molecule has 1 aromatic carbocycles. The first-order valence-electron chi connectivity index (χ1n) is 5.99. The zero-order valence-corrected chi connectivity index (χ0v) is 11.1. The molecule has 0 aliphatic heterocycles. The van der Waals surface area contributed by atoms with Gasteiger partial charge in [-0.25, -0.2) is 4.39 Å². The molecule has 0 aliphatic rings. The van der Waals surface area contributed by atoms with Crippen molar-refractivity contribution in [3.63, 3.8) is 0 Å². The molecule has 0 atom stereocenters. The van der Waals surface area contributed by atoms with E-state index in [1.165, 1.54) is 12.1 Å². The van der Waals surface area contributed by atoms with E-state index >= 15 is 0 Å². The average molecular weight is 253 g/mol. The maximum atomic E-state index is 13.2. The number of likely N-dealkylation sites (N-methyl/N-ethyl adjacent to an activating group) is 2. The van der Waals surface area contributed by atoms with Crippen LogP contribution >= 0.6 is 0 Å². The number of carbonyl (C=O) groups excluding carboxylic acids is 1. The van der Waals surface area contributed by atoms with Gasteiger partial charge in [0.2, 0.25) is 5.91 Å². The first kappa shape index (κ1) is 14.4. The second-order valence-corrected chi connectivity index (χ2v) is 4.11. The van der Waals surface area contributed by atoms with Crippen LogP contribution < -0.4 is 15.5 Å². The highest BCUT2D eigenvalue weighted by atomic mass is 19.1. The van der Waals surface area contributed by atoms with Gasteiger partial charge in [-0.2, -0.15) is 0 Å². The number of rotatable bonds is 6. The molecular weight excluding hydrogens is 233 g/mol. The normalized spacial score (nSPS) is 10.2. The molecule has 1 amide bonds. The van der Waals surface area contributed by atoms with Gasteiger partial charge in [-0.15, -0.1) is 0 Å². The molecule has 100 valence electrons. The number of carbonyl (C=O) groups is 1. The van der Waals surface area contributed by atoms with Crippen molar-refractivity contribution in [1.29, 1.82) is 0 Å². The lowest BCUT2D eigenvalue weighted by Gasteiger charge is -2.22. The van der Waals surface area contributed by atoms with Crippen molar-refractivity contribution in [2.24, 2.45) is 0 Å². The smallest absolute Gasteiger partial charge is 0.239 e. The molecule has 0 bridgehead atoms. The van der Waals surface area contributed by atoms with Crippen LogP contribution in [-0.2, 0) is 11.3 Å². The molecule has 0 aromatic heterocycles. The Bertz CT molecular complexity index is 409. The quantitative estimate of drug-likeness (QED) is 0.798. The molecule has 5 heteroatoms. The summed E-state index contributed by atoms with van der Waals surface area (Å²) in [5.41, 5.74) is 1.70. The fourth-order valence-corrected chi connectivity index (χ4v) is 1.81. The van der Waals surface area contributed by atoms with Crippen LogP contribution in [0.4, 0.5) is 10.1 Å². The molecule has 0 fully saturated rings. The van der Waals surface area contributed by atoms with Crippen molar-refractivity contribution in [3.05, 3.63) is 29.6 Å². The standard InChI is InChI=1S/C13H20FN3O/c1-4-16-13(18)9-17(3)12-6-5-11(14)7-10(12)8-15-2/h5-7,15H,4,8-9H2,1-3H3,(H,16,18). The Morgan fingerprint density at radius 1 is 1.44 bits per heavy atom. The SMILES string of the molecule is CCNC(=O)CN(C)c1ccc(F)cc1CNC. The summed E-state index contributed by atoms with van der Waals surface area (Å²) in [5.74, 6) is -0.310. The average Bonchev–Trinajstić information content (AvgIpc) is 2.29. The monoisotopic (exact) mass is 253 g/mol. The number of nitrogens with zero attached hydrogens (tertiary/aromatic N) is 1. The van der Waals surface area contributed by atoms with Crippen LogP contribution in [0.3, 0.4) is 0 Å². The van der Waals surface area contributed by atoms with Crippen molar-refractivity contribution in [2.45, 2.75) is 13.5 Å². The van der Waals surface area contributed by atoms with Crippen LogP contribution in [-0.4, -0.2) is 33.1 Å². The molecule has 0 spiro atoms. The Labute approximate surface area is 107 Å². The minimum atomic E-state index is -0.268. The van der Waals surface area contributed by atoms with Crippen LogP contribution in [0.15, 0.2) is 18.2 Å². The number of hydrogen-bond acceptors (Lipinski definition) is 3. The maximum Gasteiger partial charge on any atom is 0.239 e. The van der Waals surface area contributed by atoms with Gasteiger partial charge in [-0.05, 0) is 37.7 Å². The highest BCUT2D eigenvalue weighted by molar-refractivity contribution is 5.81. The molecule has 18 heavy (non-hydrogen) atoms. The molecule has 4 nitrogen and oxygen atoms in total. The Balaban J connectivity index is 2.83. The van der Waals surface area contributed by atoms with Crippen LogP contribution in [0, 0.1) is 5.82 Å². The zero-order valence-electron chi connectivity index (χ0n) is 11.1. The largest absolute Gasteiger partial charge is 0.365 e. The van der Waals surface area contributed by atoms with Crippen molar-refractivity contribution >= 4 is 11.6 Å². The highest BCUT2D eigenvalue weighted by Gasteiger charge is 2.11. The number of hydrogen-bond donors (Lipinski definition) is 2. The van der Waals surface area contributed by atoms with Crippen molar-refractivity contribution in [2.75, 3.05) is 32.1 Å². The van der Waals surface area contributed by atoms with Crippen molar-refractivity contribution < 1.29 is 9.18 Å². The topological polar surface area (TPSA) is 44.4 Å². The van der Waals surface area contributed by atoms with E-state index in [0.717, 1.165) is 11.3 Å². The van der Waals surface area contributed by atoms with E-state index in [-0.39, 0.29) is 18.3 Å². The lowest BCUT2D eigenvalue weighted by Crippen LogP contribution is -2.35. The molecule has 0 saturated heterocycles. The molecule has 2 N–H and O–H groups in total. The predicted molar refractivity (Wildman–Crippen MR) is 71.1 cm³/mol. The third kappa shape index (κ3) is 4.00. The first-order chi connectivity index (χ1) is 8.58. The molecule has 0 radical (unpaired) electrons.